The summed E-state index contributed by atoms with van der Waals surface area (Å²) in [6.45, 7) is 6.14. The van der Waals surface area contributed by atoms with Crippen LogP contribution in [0.2, 0.25) is 0 Å². The van der Waals surface area contributed by atoms with Gasteiger partial charge in [-0.1, -0.05) is 24.3 Å². The number of benzene rings is 1. The molecule has 0 aliphatic rings. The van der Waals surface area contributed by atoms with Gasteiger partial charge in [-0.3, -0.25) is 0 Å². The van der Waals surface area contributed by atoms with Gasteiger partial charge in [0, 0.05) is 11.9 Å². The smallest absolute Gasteiger partial charge is 0.340 e. The molecule has 2 heterocycles. The molecule has 0 spiro atoms. The zero-order valence-corrected chi connectivity index (χ0v) is 14.0. The normalized spacial score (nSPS) is 10.6. The van der Waals surface area contributed by atoms with Crippen LogP contribution in [0.15, 0.2) is 48.7 Å². The molecule has 5 nitrogen and oxygen atoms in total. The second kappa shape index (κ2) is 6.66. The molecule has 0 unspecified atom stereocenters. The number of carbonyl (C=O) groups is 1. The minimum absolute atomic E-state index is 0.255. The molecule has 0 amide bonds. The molecule has 0 aliphatic carbocycles. The summed E-state index contributed by atoms with van der Waals surface area (Å²) >= 11 is 0. The van der Waals surface area contributed by atoms with E-state index < -0.39 is 0 Å². The monoisotopic (exact) mass is 321 g/mol. The number of hydrogen-bond donors (Lipinski definition) is 0. The highest BCUT2D eigenvalue weighted by atomic mass is 16.5. The predicted molar refractivity (Wildman–Crippen MR) is 91.1 cm³/mol. The van der Waals surface area contributed by atoms with Crippen molar-refractivity contribution in [3.05, 3.63) is 76.7 Å². The second-order valence-corrected chi connectivity index (χ2v) is 5.75. The molecule has 0 saturated heterocycles. The van der Waals surface area contributed by atoms with Gasteiger partial charge in [0.1, 0.15) is 6.61 Å². The highest BCUT2D eigenvalue weighted by Crippen LogP contribution is 2.13. The fraction of sp³-hybridized carbons (Fsp3) is 0.211. The molecule has 0 bridgehead atoms. The van der Waals surface area contributed by atoms with E-state index in [1.54, 1.807) is 16.8 Å². The van der Waals surface area contributed by atoms with Gasteiger partial charge in [-0.15, -0.1) is 0 Å². The second-order valence-electron chi connectivity index (χ2n) is 5.75. The number of aromatic nitrogens is 3. The maximum Gasteiger partial charge on any atom is 0.340 e. The third-order valence-electron chi connectivity index (χ3n) is 3.83. The number of rotatable bonds is 4. The van der Waals surface area contributed by atoms with Crippen molar-refractivity contribution in [2.75, 3.05) is 0 Å². The van der Waals surface area contributed by atoms with Gasteiger partial charge in [0.15, 0.2) is 5.82 Å². The average Bonchev–Trinajstić information content (AvgIpc) is 2.92. The van der Waals surface area contributed by atoms with Crippen LogP contribution in [0.25, 0.3) is 5.82 Å². The Balaban J connectivity index is 1.70. The molecule has 1 aromatic carbocycles. The van der Waals surface area contributed by atoms with Gasteiger partial charge in [-0.2, -0.15) is 5.10 Å². The highest BCUT2D eigenvalue weighted by Gasteiger charge is 2.11. The van der Waals surface area contributed by atoms with Crippen molar-refractivity contribution in [3.63, 3.8) is 0 Å². The molecule has 24 heavy (non-hydrogen) atoms. The Hall–Kier alpha value is -2.95. The largest absolute Gasteiger partial charge is 0.457 e. The Morgan fingerprint density at radius 3 is 2.54 bits per heavy atom. The Kier molecular flexibility index (Phi) is 4.42. The molecular formula is C19H19N3O2. The van der Waals surface area contributed by atoms with Gasteiger partial charge in [0.25, 0.3) is 0 Å². The minimum Gasteiger partial charge on any atom is -0.457 e. The quantitative estimate of drug-likeness (QED) is 0.690. The molecule has 0 saturated carbocycles. The first-order chi connectivity index (χ1) is 11.5. The van der Waals surface area contributed by atoms with E-state index >= 15 is 0 Å². The third kappa shape index (κ3) is 3.35. The van der Waals surface area contributed by atoms with Crippen molar-refractivity contribution < 1.29 is 9.53 Å². The van der Waals surface area contributed by atoms with Crippen LogP contribution in [0.3, 0.4) is 0 Å². The van der Waals surface area contributed by atoms with Gasteiger partial charge in [0.05, 0.1) is 11.3 Å². The van der Waals surface area contributed by atoms with Gasteiger partial charge in [0.2, 0.25) is 0 Å². The number of carbonyl (C=O) groups excluding carboxylic acids is 1. The Morgan fingerprint density at radius 1 is 1.12 bits per heavy atom. The number of esters is 1. The molecule has 0 radical (unpaired) electrons. The summed E-state index contributed by atoms with van der Waals surface area (Å²) in [6.07, 6.45) is 1.52. The van der Waals surface area contributed by atoms with E-state index in [-0.39, 0.29) is 12.6 Å². The molecule has 3 aromatic rings. The van der Waals surface area contributed by atoms with E-state index in [0.29, 0.717) is 11.4 Å². The van der Waals surface area contributed by atoms with Gasteiger partial charge >= 0.3 is 5.97 Å². The Labute approximate surface area is 140 Å². The van der Waals surface area contributed by atoms with Crippen molar-refractivity contribution in [2.24, 2.45) is 0 Å². The SMILES string of the molecule is Cc1cc(C)n(-c2ccc(C(=O)OCc3ccccc3C)cn2)n1. The predicted octanol–water partition coefficient (Wildman–Crippen LogP) is 3.55. The maximum atomic E-state index is 12.2. The number of ether oxygens (including phenoxy) is 1. The van der Waals surface area contributed by atoms with E-state index in [0.717, 1.165) is 22.5 Å². The van der Waals surface area contributed by atoms with Crippen molar-refractivity contribution in [3.8, 4) is 5.82 Å². The topological polar surface area (TPSA) is 57.0 Å². The van der Waals surface area contributed by atoms with Crippen molar-refractivity contribution >= 4 is 5.97 Å². The third-order valence-corrected chi connectivity index (χ3v) is 3.83. The highest BCUT2D eigenvalue weighted by molar-refractivity contribution is 5.89. The van der Waals surface area contributed by atoms with E-state index in [4.69, 9.17) is 4.74 Å². The van der Waals surface area contributed by atoms with E-state index in [2.05, 4.69) is 10.1 Å². The zero-order chi connectivity index (χ0) is 17.1. The van der Waals surface area contributed by atoms with Crippen LogP contribution < -0.4 is 0 Å². The van der Waals surface area contributed by atoms with E-state index in [1.807, 2.05) is 51.1 Å². The van der Waals surface area contributed by atoms with Gasteiger partial charge in [-0.05, 0) is 50.1 Å². The molecule has 0 aliphatic heterocycles. The fourth-order valence-corrected chi connectivity index (χ4v) is 2.49. The summed E-state index contributed by atoms with van der Waals surface area (Å²) < 4.78 is 7.11. The Morgan fingerprint density at radius 2 is 1.92 bits per heavy atom. The van der Waals surface area contributed by atoms with Gasteiger partial charge in [-0.25, -0.2) is 14.5 Å². The molecular weight excluding hydrogens is 302 g/mol. The molecule has 0 atom stereocenters. The first-order valence-corrected chi connectivity index (χ1v) is 7.76. The van der Waals surface area contributed by atoms with Crippen LogP contribution >= 0.6 is 0 Å². The first-order valence-electron chi connectivity index (χ1n) is 7.76. The summed E-state index contributed by atoms with van der Waals surface area (Å²) in [7, 11) is 0. The van der Waals surface area contributed by atoms with Crippen LogP contribution in [0.4, 0.5) is 0 Å². The van der Waals surface area contributed by atoms with E-state index in [9.17, 15) is 4.79 Å². The Bertz CT molecular complexity index is 867. The van der Waals surface area contributed by atoms with Crippen molar-refractivity contribution in [1.29, 1.82) is 0 Å². The minimum atomic E-state index is -0.384. The summed E-state index contributed by atoms with van der Waals surface area (Å²) in [5.74, 6) is 0.293. The standard InChI is InChI=1S/C19H19N3O2/c1-13-6-4-5-7-17(13)12-24-19(23)16-8-9-18(20-11-16)22-15(3)10-14(2)21-22/h4-11H,12H2,1-3H3. The van der Waals surface area contributed by atoms with Gasteiger partial charge < -0.3 is 4.74 Å². The number of hydrogen-bond acceptors (Lipinski definition) is 4. The maximum absolute atomic E-state index is 12.2. The molecule has 0 fully saturated rings. The van der Waals surface area contributed by atoms with Crippen molar-refractivity contribution in [1.82, 2.24) is 14.8 Å². The van der Waals surface area contributed by atoms with Crippen LogP contribution in [-0.4, -0.2) is 20.7 Å². The van der Waals surface area contributed by atoms with Crippen LogP contribution in [0.5, 0.6) is 0 Å². The zero-order valence-electron chi connectivity index (χ0n) is 14.0. The molecule has 3 rings (SSSR count). The molecule has 122 valence electrons. The summed E-state index contributed by atoms with van der Waals surface area (Å²) in [5.41, 5.74) is 4.45. The molecule has 2 aromatic heterocycles. The van der Waals surface area contributed by atoms with Crippen LogP contribution in [0, 0.1) is 20.8 Å². The molecule has 0 N–H and O–H groups in total. The lowest BCUT2D eigenvalue weighted by Crippen LogP contribution is -2.08. The fourth-order valence-electron chi connectivity index (χ4n) is 2.49. The summed E-state index contributed by atoms with van der Waals surface area (Å²) in [5, 5.41) is 4.38. The summed E-state index contributed by atoms with van der Waals surface area (Å²) in [6, 6.07) is 13.3. The van der Waals surface area contributed by atoms with Crippen LogP contribution in [0.1, 0.15) is 32.9 Å². The number of nitrogens with zero attached hydrogens (tertiary/aromatic N) is 3. The average molecular weight is 321 g/mol. The lowest BCUT2D eigenvalue weighted by atomic mass is 10.1. The lowest BCUT2D eigenvalue weighted by molar-refractivity contribution is 0.0471. The first kappa shape index (κ1) is 15.9. The van der Waals surface area contributed by atoms with Crippen molar-refractivity contribution in [2.45, 2.75) is 27.4 Å². The van der Waals surface area contributed by atoms with Crippen LogP contribution in [-0.2, 0) is 11.3 Å². The molecule has 5 heteroatoms. The number of pyridine rings is 1. The number of aryl methyl sites for hydroxylation is 3. The summed E-state index contributed by atoms with van der Waals surface area (Å²) in [4.78, 5) is 16.5. The van der Waals surface area contributed by atoms with E-state index in [1.165, 1.54) is 6.20 Å². The lowest BCUT2D eigenvalue weighted by Gasteiger charge is -2.08.